The lowest BCUT2D eigenvalue weighted by molar-refractivity contribution is 0.0514. The fourth-order valence-electron chi connectivity index (χ4n) is 2.79. The lowest BCUT2D eigenvalue weighted by atomic mass is 10.2. The van der Waals surface area contributed by atoms with Crippen molar-refractivity contribution in [2.75, 3.05) is 31.5 Å². The molecule has 2 fully saturated rings. The van der Waals surface area contributed by atoms with Crippen LogP contribution in [0, 0.1) is 0 Å². The highest BCUT2D eigenvalue weighted by atomic mass is 16.3. The van der Waals surface area contributed by atoms with Crippen molar-refractivity contribution in [2.24, 2.45) is 0 Å². The summed E-state index contributed by atoms with van der Waals surface area (Å²) in [4.78, 5) is 28.2. The largest absolute Gasteiger partial charge is 0.459 e. The number of nitrogens with zero attached hydrogens (tertiary/aromatic N) is 4. The third-order valence-electron chi connectivity index (χ3n) is 4.40. The van der Waals surface area contributed by atoms with Gasteiger partial charge in [0.25, 0.3) is 11.8 Å². The predicted molar refractivity (Wildman–Crippen MR) is 89.2 cm³/mol. The molecule has 25 heavy (non-hydrogen) atoms. The molecule has 1 aliphatic heterocycles. The summed E-state index contributed by atoms with van der Waals surface area (Å²) in [6.45, 7) is 1.88. The number of carbonyl (C=O) groups is 2. The molecule has 2 amide bonds. The van der Waals surface area contributed by atoms with Crippen LogP contribution >= 0.6 is 0 Å². The van der Waals surface area contributed by atoms with Crippen molar-refractivity contribution >= 4 is 17.6 Å². The van der Waals surface area contributed by atoms with Crippen molar-refractivity contribution < 1.29 is 14.0 Å². The molecule has 8 nitrogen and oxygen atoms in total. The molecular formula is C17H19N5O3. The van der Waals surface area contributed by atoms with E-state index in [1.165, 1.54) is 6.26 Å². The molecule has 130 valence electrons. The predicted octanol–water partition coefficient (Wildman–Crippen LogP) is 1.24. The maximum Gasteiger partial charge on any atom is 0.289 e. The second-order valence-corrected chi connectivity index (χ2v) is 6.28. The SMILES string of the molecule is O=C(c1ccc(NC2CC2)nn1)N1CCN(C(=O)c2ccco2)CC1. The van der Waals surface area contributed by atoms with Gasteiger partial charge in [-0.05, 0) is 37.1 Å². The molecule has 0 aromatic carbocycles. The number of aromatic nitrogens is 2. The molecule has 0 atom stereocenters. The number of hydrogen-bond donors (Lipinski definition) is 1. The minimum atomic E-state index is -0.157. The van der Waals surface area contributed by atoms with E-state index in [4.69, 9.17) is 4.42 Å². The Labute approximate surface area is 144 Å². The summed E-state index contributed by atoms with van der Waals surface area (Å²) in [5.41, 5.74) is 0.326. The van der Waals surface area contributed by atoms with Crippen molar-refractivity contribution in [3.8, 4) is 0 Å². The minimum absolute atomic E-state index is 0.146. The van der Waals surface area contributed by atoms with E-state index < -0.39 is 0 Å². The number of piperazine rings is 1. The molecule has 8 heteroatoms. The number of hydrogen-bond acceptors (Lipinski definition) is 6. The summed E-state index contributed by atoms with van der Waals surface area (Å²) < 4.78 is 5.14. The number of carbonyl (C=O) groups excluding carboxylic acids is 2. The number of anilines is 1. The van der Waals surface area contributed by atoms with Gasteiger partial charge < -0.3 is 19.5 Å². The van der Waals surface area contributed by atoms with E-state index in [0.29, 0.717) is 49.5 Å². The molecule has 0 spiro atoms. The van der Waals surface area contributed by atoms with E-state index >= 15 is 0 Å². The summed E-state index contributed by atoms with van der Waals surface area (Å²) in [7, 11) is 0. The van der Waals surface area contributed by atoms with Crippen LogP contribution in [0.15, 0.2) is 34.9 Å². The molecule has 1 saturated carbocycles. The Kier molecular flexibility index (Phi) is 4.09. The second-order valence-electron chi connectivity index (χ2n) is 6.28. The summed E-state index contributed by atoms with van der Waals surface area (Å²) in [5.74, 6) is 0.722. The second kappa shape index (κ2) is 6.54. The lowest BCUT2D eigenvalue weighted by Crippen LogP contribution is -2.50. The summed E-state index contributed by atoms with van der Waals surface area (Å²) in [6.07, 6.45) is 3.79. The quantitative estimate of drug-likeness (QED) is 0.900. The summed E-state index contributed by atoms with van der Waals surface area (Å²) >= 11 is 0. The van der Waals surface area contributed by atoms with E-state index in [1.807, 2.05) is 0 Å². The zero-order chi connectivity index (χ0) is 17.2. The zero-order valence-electron chi connectivity index (χ0n) is 13.7. The first-order chi connectivity index (χ1) is 12.2. The van der Waals surface area contributed by atoms with Crippen LogP contribution in [0.25, 0.3) is 0 Å². The van der Waals surface area contributed by atoms with Crippen LogP contribution in [-0.2, 0) is 0 Å². The molecule has 2 aliphatic rings. The normalized spacial score (nSPS) is 17.4. The Hall–Kier alpha value is -2.90. The molecule has 2 aromatic rings. The van der Waals surface area contributed by atoms with Gasteiger partial charge in [-0.15, -0.1) is 10.2 Å². The highest BCUT2D eigenvalue weighted by Crippen LogP contribution is 2.23. The monoisotopic (exact) mass is 341 g/mol. The van der Waals surface area contributed by atoms with Crippen molar-refractivity contribution in [2.45, 2.75) is 18.9 Å². The van der Waals surface area contributed by atoms with E-state index in [2.05, 4.69) is 15.5 Å². The third-order valence-corrected chi connectivity index (χ3v) is 4.40. The van der Waals surface area contributed by atoms with Crippen LogP contribution in [0.2, 0.25) is 0 Å². The van der Waals surface area contributed by atoms with Gasteiger partial charge in [0.15, 0.2) is 11.5 Å². The smallest absolute Gasteiger partial charge is 0.289 e. The van der Waals surface area contributed by atoms with Crippen molar-refractivity contribution in [3.05, 3.63) is 42.0 Å². The fraction of sp³-hybridized carbons (Fsp3) is 0.412. The summed E-state index contributed by atoms with van der Waals surface area (Å²) in [5, 5.41) is 11.3. The van der Waals surface area contributed by atoms with Crippen molar-refractivity contribution in [3.63, 3.8) is 0 Å². The zero-order valence-corrected chi connectivity index (χ0v) is 13.7. The van der Waals surface area contributed by atoms with Crippen LogP contribution in [-0.4, -0.2) is 64.0 Å². The van der Waals surface area contributed by atoms with Crippen LogP contribution in [0.1, 0.15) is 33.9 Å². The van der Waals surface area contributed by atoms with E-state index in [0.717, 1.165) is 12.8 Å². The maximum atomic E-state index is 12.5. The van der Waals surface area contributed by atoms with Gasteiger partial charge in [-0.25, -0.2) is 0 Å². The van der Waals surface area contributed by atoms with Crippen LogP contribution in [0.5, 0.6) is 0 Å². The molecule has 1 N–H and O–H groups in total. The van der Waals surface area contributed by atoms with Crippen molar-refractivity contribution in [1.29, 1.82) is 0 Å². The summed E-state index contributed by atoms with van der Waals surface area (Å²) in [6, 6.07) is 7.31. The van der Waals surface area contributed by atoms with Gasteiger partial charge >= 0.3 is 0 Å². The Morgan fingerprint density at radius 1 is 1.00 bits per heavy atom. The number of furan rings is 1. The Bertz CT molecular complexity index is 747. The van der Waals surface area contributed by atoms with Gasteiger partial charge in [-0.1, -0.05) is 0 Å². The van der Waals surface area contributed by atoms with Gasteiger partial charge in [0.05, 0.1) is 6.26 Å². The molecule has 3 heterocycles. The Morgan fingerprint density at radius 2 is 1.72 bits per heavy atom. The van der Waals surface area contributed by atoms with Crippen LogP contribution in [0.3, 0.4) is 0 Å². The number of nitrogens with one attached hydrogen (secondary N) is 1. The highest BCUT2D eigenvalue weighted by Gasteiger charge is 2.27. The maximum absolute atomic E-state index is 12.5. The average Bonchev–Trinajstić information content (AvgIpc) is 3.30. The molecular weight excluding hydrogens is 322 g/mol. The van der Waals surface area contributed by atoms with E-state index in [9.17, 15) is 9.59 Å². The van der Waals surface area contributed by atoms with Crippen LogP contribution < -0.4 is 5.32 Å². The van der Waals surface area contributed by atoms with Gasteiger partial charge in [-0.3, -0.25) is 9.59 Å². The molecule has 1 aliphatic carbocycles. The van der Waals surface area contributed by atoms with Gasteiger partial charge in [-0.2, -0.15) is 0 Å². The topological polar surface area (TPSA) is 91.6 Å². The molecule has 0 bridgehead atoms. The van der Waals surface area contributed by atoms with Gasteiger partial charge in [0.2, 0.25) is 0 Å². The molecule has 0 unspecified atom stereocenters. The fourth-order valence-corrected chi connectivity index (χ4v) is 2.79. The molecule has 1 saturated heterocycles. The number of rotatable bonds is 4. The average molecular weight is 341 g/mol. The standard InChI is InChI=1S/C17H19N5O3/c23-16(13-5-6-15(20-19-13)18-12-3-4-12)21-7-9-22(10-8-21)17(24)14-2-1-11-25-14/h1-2,5-6,11-12H,3-4,7-10H2,(H,18,20). The molecule has 4 rings (SSSR count). The van der Waals surface area contributed by atoms with Gasteiger partial charge in [0, 0.05) is 32.2 Å². The lowest BCUT2D eigenvalue weighted by Gasteiger charge is -2.34. The first kappa shape index (κ1) is 15.6. The van der Waals surface area contributed by atoms with Crippen molar-refractivity contribution in [1.82, 2.24) is 20.0 Å². The van der Waals surface area contributed by atoms with E-state index in [1.54, 1.807) is 34.1 Å². The Balaban J connectivity index is 1.33. The van der Waals surface area contributed by atoms with E-state index in [-0.39, 0.29) is 11.8 Å². The molecule has 2 aromatic heterocycles. The van der Waals surface area contributed by atoms with Gasteiger partial charge in [0.1, 0.15) is 5.82 Å². The first-order valence-electron chi connectivity index (χ1n) is 8.43. The van der Waals surface area contributed by atoms with Crippen LogP contribution in [0.4, 0.5) is 5.82 Å². The first-order valence-corrected chi connectivity index (χ1v) is 8.43. The molecule has 0 radical (unpaired) electrons. The Morgan fingerprint density at radius 3 is 2.28 bits per heavy atom. The highest BCUT2D eigenvalue weighted by molar-refractivity contribution is 5.93. The third kappa shape index (κ3) is 3.47. The number of amides is 2. The minimum Gasteiger partial charge on any atom is -0.459 e.